The van der Waals surface area contributed by atoms with Crippen LogP contribution in [0.4, 0.5) is 0 Å². The Labute approximate surface area is 116 Å². The number of benzene rings is 2. The third kappa shape index (κ3) is 3.68. The van der Waals surface area contributed by atoms with E-state index in [-0.39, 0.29) is 0 Å². The monoisotopic (exact) mass is 253 g/mol. The van der Waals surface area contributed by atoms with Gasteiger partial charge >= 0.3 is 0 Å². The minimum absolute atomic E-state index is 0.393. The molecular formula is C18H23N. The Morgan fingerprint density at radius 1 is 0.684 bits per heavy atom. The zero-order chi connectivity index (χ0) is 13.7. The summed E-state index contributed by atoms with van der Waals surface area (Å²) in [7, 11) is 0. The maximum absolute atomic E-state index is 3.64. The van der Waals surface area contributed by atoms with Crippen molar-refractivity contribution in [1.29, 1.82) is 0 Å². The molecule has 0 saturated heterocycles. The topological polar surface area (TPSA) is 12.0 Å². The van der Waals surface area contributed by atoms with Gasteiger partial charge in [0.2, 0.25) is 0 Å². The predicted molar refractivity (Wildman–Crippen MR) is 82.5 cm³/mol. The molecule has 0 aliphatic carbocycles. The van der Waals surface area contributed by atoms with Crippen LogP contribution in [0.3, 0.4) is 0 Å². The molecule has 2 aromatic carbocycles. The van der Waals surface area contributed by atoms with Crippen molar-refractivity contribution in [3.63, 3.8) is 0 Å². The molecule has 0 aliphatic heterocycles. The predicted octanol–water partition coefficient (Wildman–Crippen LogP) is 4.21. The van der Waals surface area contributed by atoms with Crippen LogP contribution in [0.2, 0.25) is 0 Å². The third-order valence-electron chi connectivity index (χ3n) is 3.41. The summed E-state index contributed by atoms with van der Waals surface area (Å²) in [6.07, 6.45) is 0. The van der Waals surface area contributed by atoms with Crippen LogP contribution in [0.15, 0.2) is 60.7 Å². The fourth-order valence-electron chi connectivity index (χ4n) is 2.71. The van der Waals surface area contributed by atoms with Gasteiger partial charge in [0.25, 0.3) is 0 Å². The smallest absolute Gasteiger partial charge is 0.0240 e. The van der Waals surface area contributed by atoms with E-state index < -0.39 is 0 Å². The average Bonchev–Trinajstić information content (AvgIpc) is 2.40. The summed E-state index contributed by atoms with van der Waals surface area (Å²) < 4.78 is 0. The lowest BCUT2D eigenvalue weighted by Crippen LogP contribution is -2.37. The SMILES string of the molecule is CC(C)NC(C)C(c1ccccc1)c1ccccc1. The van der Waals surface area contributed by atoms with Gasteiger partial charge in [-0.15, -0.1) is 0 Å². The summed E-state index contributed by atoms with van der Waals surface area (Å²) in [6.45, 7) is 6.66. The molecule has 0 radical (unpaired) electrons. The van der Waals surface area contributed by atoms with Gasteiger partial charge in [-0.1, -0.05) is 74.5 Å². The Morgan fingerprint density at radius 3 is 1.47 bits per heavy atom. The molecule has 19 heavy (non-hydrogen) atoms. The van der Waals surface area contributed by atoms with Crippen molar-refractivity contribution in [3.8, 4) is 0 Å². The molecule has 0 amide bonds. The van der Waals surface area contributed by atoms with Crippen LogP contribution in [0, 0.1) is 0 Å². The molecule has 0 heterocycles. The highest BCUT2D eigenvalue weighted by Crippen LogP contribution is 2.28. The molecule has 100 valence electrons. The second-order valence-electron chi connectivity index (χ2n) is 5.41. The van der Waals surface area contributed by atoms with Crippen molar-refractivity contribution < 1.29 is 0 Å². The lowest BCUT2D eigenvalue weighted by molar-refractivity contribution is 0.453. The molecule has 0 spiro atoms. The first-order valence-corrected chi connectivity index (χ1v) is 7.04. The molecule has 0 aromatic heterocycles. The van der Waals surface area contributed by atoms with E-state index in [1.54, 1.807) is 0 Å². The second-order valence-corrected chi connectivity index (χ2v) is 5.41. The molecule has 2 aromatic rings. The van der Waals surface area contributed by atoms with Crippen molar-refractivity contribution in [2.75, 3.05) is 0 Å². The number of nitrogens with one attached hydrogen (secondary N) is 1. The van der Waals surface area contributed by atoms with Crippen LogP contribution in [0.1, 0.15) is 37.8 Å². The van der Waals surface area contributed by atoms with E-state index in [2.05, 4.69) is 86.8 Å². The molecule has 2 rings (SSSR count). The molecule has 1 N–H and O–H groups in total. The van der Waals surface area contributed by atoms with E-state index in [0.29, 0.717) is 18.0 Å². The molecule has 0 aliphatic rings. The Kier molecular flexibility index (Phi) is 4.75. The Balaban J connectivity index is 2.34. The van der Waals surface area contributed by atoms with E-state index in [1.165, 1.54) is 11.1 Å². The van der Waals surface area contributed by atoms with Crippen molar-refractivity contribution in [2.45, 2.75) is 38.8 Å². The summed E-state index contributed by atoms with van der Waals surface area (Å²) in [5, 5.41) is 3.64. The largest absolute Gasteiger partial charge is 0.311 e. The normalized spacial score (nSPS) is 12.9. The summed E-state index contributed by atoms with van der Waals surface area (Å²) in [4.78, 5) is 0. The summed E-state index contributed by atoms with van der Waals surface area (Å²) >= 11 is 0. The second kappa shape index (κ2) is 6.53. The number of hydrogen-bond donors (Lipinski definition) is 1. The van der Waals surface area contributed by atoms with Crippen LogP contribution in [0.5, 0.6) is 0 Å². The van der Waals surface area contributed by atoms with Gasteiger partial charge in [-0.25, -0.2) is 0 Å². The highest BCUT2D eigenvalue weighted by atomic mass is 14.9. The quantitative estimate of drug-likeness (QED) is 0.842. The molecular weight excluding hydrogens is 230 g/mol. The minimum atomic E-state index is 0.393. The third-order valence-corrected chi connectivity index (χ3v) is 3.41. The Morgan fingerprint density at radius 2 is 1.11 bits per heavy atom. The molecule has 0 saturated carbocycles. The Bertz CT molecular complexity index is 436. The first-order chi connectivity index (χ1) is 9.18. The van der Waals surface area contributed by atoms with Crippen molar-refractivity contribution in [2.24, 2.45) is 0 Å². The van der Waals surface area contributed by atoms with Gasteiger partial charge in [-0.05, 0) is 18.1 Å². The van der Waals surface area contributed by atoms with Crippen LogP contribution >= 0.6 is 0 Å². The van der Waals surface area contributed by atoms with Gasteiger partial charge in [0.05, 0.1) is 0 Å². The van der Waals surface area contributed by atoms with E-state index >= 15 is 0 Å². The lowest BCUT2D eigenvalue weighted by atomic mass is 9.85. The van der Waals surface area contributed by atoms with Crippen LogP contribution in [0.25, 0.3) is 0 Å². The highest BCUT2D eigenvalue weighted by Gasteiger charge is 2.21. The maximum Gasteiger partial charge on any atom is 0.0240 e. The summed E-state index contributed by atoms with van der Waals surface area (Å²) in [6, 6.07) is 22.4. The minimum Gasteiger partial charge on any atom is -0.311 e. The van der Waals surface area contributed by atoms with E-state index in [9.17, 15) is 0 Å². The lowest BCUT2D eigenvalue weighted by Gasteiger charge is -2.27. The van der Waals surface area contributed by atoms with Gasteiger partial charge in [0, 0.05) is 18.0 Å². The number of rotatable bonds is 5. The van der Waals surface area contributed by atoms with Gasteiger partial charge in [-0.3, -0.25) is 0 Å². The zero-order valence-corrected chi connectivity index (χ0v) is 12.0. The fourth-order valence-corrected chi connectivity index (χ4v) is 2.71. The molecule has 1 heteroatoms. The van der Waals surface area contributed by atoms with Gasteiger partial charge in [-0.2, -0.15) is 0 Å². The molecule has 1 unspecified atom stereocenters. The van der Waals surface area contributed by atoms with Crippen molar-refractivity contribution in [3.05, 3.63) is 71.8 Å². The van der Waals surface area contributed by atoms with Crippen molar-refractivity contribution >= 4 is 0 Å². The average molecular weight is 253 g/mol. The van der Waals surface area contributed by atoms with Gasteiger partial charge in [0.1, 0.15) is 0 Å². The van der Waals surface area contributed by atoms with E-state index in [4.69, 9.17) is 0 Å². The maximum atomic E-state index is 3.64. The molecule has 0 fully saturated rings. The Hall–Kier alpha value is -1.60. The van der Waals surface area contributed by atoms with Crippen LogP contribution < -0.4 is 5.32 Å². The summed E-state index contributed by atoms with van der Waals surface area (Å²) in [5.74, 6) is 0.393. The summed E-state index contributed by atoms with van der Waals surface area (Å²) in [5.41, 5.74) is 2.74. The van der Waals surface area contributed by atoms with E-state index in [1.807, 2.05) is 0 Å². The van der Waals surface area contributed by atoms with E-state index in [0.717, 1.165) is 0 Å². The standard InChI is InChI=1S/C18H23N/c1-14(2)19-15(3)18(16-10-6-4-7-11-16)17-12-8-5-9-13-17/h4-15,18-19H,1-3H3. The molecule has 1 atom stereocenters. The van der Waals surface area contributed by atoms with Crippen molar-refractivity contribution in [1.82, 2.24) is 5.32 Å². The first kappa shape index (κ1) is 13.8. The van der Waals surface area contributed by atoms with Gasteiger partial charge in [0.15, 0.2) is 0 Å². The molecule has 0 bridgehead atoms. The number of hydrogen-bond acceptors (Lipinski definition) is 1. The first-order valence-electron chi connectivity index (χ1n) is 7.04. The van der Waals surface area contributed by atoms with Crippen LogP contribution in [-0.4, -0.2) is 12.1 Å². The fraction of sp³-hybridized carbons (Fsp3) is 0.333. The van der Waals surface area contributed by atoms with Gasteiger partial charge < -0.3 is 5.32 Å². The zero-order valence-electron chi connectivity index (χ0n) is 12.0. The highest BCUT2D eigenvalue weighted by molar-refractivity contribution is 5.34. The van der Waals surface area contributed by atoms with Crippen LogP contribution in [-0.2, 0) is 0 Å². The molecule has 1 nitrogen and oxygen atoms in total.